The number of anilines is 2. The molecule has 0 aliphatic carbocycles. The molecule has 0 saturated heterocycles. The van der Waals surface area contributed by atoms with E-state index >= 15 is 0 Å². The summed E-state index contributed by atoms with van der Waals surface area (Å²) in [6.45, 7) is 1.30. The van der Waals surface area contributed by atoms with E-state index in [2.05, 4.69) is 10.3 Å². The molecule has 0 spiro atoms. The standard InChI is InChI=1S/C30H23N3O5/c1-17(34)38-30-25-23-16-11-18-7-3-4-8-21(18)26(23)32-27(25)29(36)33(30)24-10-6-5-9-22(24)28(35)31-19-12-14-20(37-2)15-13-19/h3-16,30,32H,1-2H3,(H,31,35). The molecule has 2 heterocycles. The van der Waals surface area contributed by atoms with Crippen molar-refractivity contribution in [2.45, 2.75) is 13.2 Å². The summed E-state index contributed by atoms with van der Waals surface area (Å²) in [5.74, 6) is -0.685. The Kier molecular flexibility index (Phi) is 5.57. The van der Waals surface area contributed by atoms with E-state index < -0.39 is 24.0 Å². The van der Waals surface area contributed by atoms with Crippen molar-refractivity contribution in [3.63, 3.8) is 0 Å². The van der Waals surface area contributed by atoms with Gasteiger partial charge in [0.15, 0.2) is 0 Å². The number of fused-ring (bicyclic) bond motifs is 5. The maximum Gasteiger partial charge on any atom is 0.304 e. The van der Waals surface area contributed by atoms with Gasteiger partial charge in [-0.1, -0.05) is 48.5 Å². The molecule has 6 rings (SSSR count). The van der Waals surface area contributed by atoms with E-state index in [-0.39, 0.29) is 5.56 Å². The van der Waals surface area contributed by atoms with E-state index in [1.807, 2.05) is 36.4 Å². The van der Waals surface area contributed by atoms with Crippen molar-refractivity contribution in [2.75, 3.05) is 17.3 Å². The Morgan fingerprint density at radius 3 is 2.39 bits per heavy atom. The SMILES string of the molecule is COc1ccc(NC(=O)c2ccccc2N2C(=O)c3[nH]c4c(ccc5ccccc54)c3C2OC(C)=O)cc1. The van der Waals surface area contributed by atoms with Crippen molar-refractivity contribution >= 4 is 50.8 Å². The Balaban J connectivity index is 1.44. The van der Waals surface area contributed by atoms with Crippen LogP contribution in [0, 0.1) is 0 Å². The lowest BCUT2D eigenvalue weighted by Gasteiger charge is -2.27. The molecule has 8 heteroatoms. The van der Waals surface area contributed by atoms with Gasteiger partial charge in [-0.2, -0.15) is 0 Å². The molecule has 38 heavy (non-hydrogen) atoms. The number of amides is 2. The average Bonchev–Trinajstić information content (AvgIpc) is 3.44. The van der Waals surface area contributed by atoms with Gasteiger partial charge in [0.2, 0.25) is 6.23 Å². The van der Waals surface area contributed by atoms with Crippen LogP contribution in [0.1, 0.15) is 39.6 Å². The predicted octanol–water partition coefficient (Wildman–Crippen LogP) is 5.80. The second-order valence-electron chi connectivity index (χ2n) is 8.96. The molecule has 2 N–H and O–H groups in total. The second kappa shape index (κ2) is 9.08. The number of benzene rings is 4. The number of methoxy groups -OCH3 is 1. The number of esters is 1. The molecule has 1 aliphatic heterocycles. The zero-order valence-corrected chi connectivity index (χ0v) is 20.6. The van der Waals surface area contributed by atoms with Crippen molar-refractivity contribution in [1.82, 2.24) is 4.98 Å². The molecule has 1 atom stereocenters. The third kappa shape index (κ3) is 3.74. The number of H-pyrrole nitrogens is 1. The number of carbonyl (C=O) groups excluding carboxylic acids is 3. The molecule has 5 aromatic rings. The van der Waals surface area contributed by atoms with Crippen LogP contribution < -0.4 is 15.0 Å². The first kappa shape index (κ1) is 23.3. The number of hydrogen-bond acceptors (Lipinski definition) is 5. The Morgan fingerprint density at radius 1 is 0.895 bits per heavy atom. The highest BCUT2D eigenvalue weighted by Crippen LogP contribution is 2.44. The lowest BCUT2D eigenvalue weighted by Crippen LogP contribution is -2.32. The Hall–Kier alpha value is -5.11. The minimum atomic E-state index is -1.04. The van der Waals surface area contributed by atoms with Gasteiger partial charge >= 0.3 is 5.97 Å². The largest absolute Gasteiger partial charge is 0.497 e. The fourth-order valence-electron chi connectivity index (χ4n) is 4.99. The van der Waals surface area contributed by atoms with Crippen molar-refractivity contribution in [1.29, 1.82) is 0 Å². The van der Waals surface area contributed by atoms with Crippen LogP contribution in [0.25, 0.3) is 21.7 Å². The molecule has 2 amide bonds. The highest BCUT2D eigenvalue weighted by Gasteiger charge is 2.44. The van der Waals surface area contributed by atoms with Crippen molar-refractivity contribution < 1.29 is 23.9 Å². The number of nitrogens with one attached hydrogen (secondary N) is 2. The molecular weight excluding hydrogens is 482 g/mol. The molecule has 8 nitrogen and oxygen atoms in total. The van der Waals surface area contributed by atoms with E-state index in [9.17, 15) is 14.4 Å². The third-order valence-corrected chi connectivity index (χ3v) is 6.69. The summed E-state index contributed by atoms with van der Waals surface area (Å²) in [7, 11) is 1.57. The number of nitrogens with zero attached hydrogens (tertiary/aromatic N) is 1. The van der Waals surface area contributed by atoms with Crippen LogP contribution in [0.2, 0.25) is 0 Å². The van der Waals surface area contributed by atoms with Crippen LogP contribution in [0.5, 0.6) is 5.75 Å². The number of hydrogen-bond donors (Lipinski definition) is 2. The van der Waals surface area contributed by atoms with E-state index in [4.69, 9.17) is 9.47 Å². The second-order valence-corrected chi connectivity index (χ2v) is 8.96. The van der Waals surface area contributed by atoms with Gasteiger partial charge < -0.3 is 19.8 Å². The molecule has 4 aromatic carbocycles. The van der Waals surface area contributed by atoms with Crippen LogP contribution in [0.15, 0.2) is 84.9 Å². The van der Waals surface area contributed by atoms with Crippen LogP contribution in [-0.2, 0) is 9.53 Å². The maximum absolute atomic E-state index is 13.9. The quantitative estimate of drug-likeness (QED) is 0.294. The monoisotopic (exact) mass is 505 g/mol. The number of ether oxygens (including phenoxy) is 2. The number of rotatable bonds is 5. The summed E-state index contributed by atoms with van der Waals surface area (Å²) >= 11 is 0. The van der Waals surface area contributed by atoms with Crippen LogP contribution in [-0.4, -0.2) is 29.9 Å². The topological polar surface area (TPSA) is 101 Å². The number of carbonyl (C=O) groups is 3. The molecule has 188 valence electrons. The summed E-state index contributed by atoms with van der Waals surface area (Å²) in [6, 6.07) is 25.4. The minimum absolute atomic E-state index is 0.258. The Labute approximate surface area is 217 Å². The lowest BCUT2D eigenvalue weighted by molar-refractivity contribution is -0.146. The van der Waals surface area contributed by atoms with Gasteiger partial charge in [-0.15, -0.1) is 0 Å². The van der Waals surface area contributed by atoms with Crippen molar-refractivity contribution in [3.8, 4) is 5.75 Å². The van der Waals surface area contributed by atoms with Gasteiger partial charge in [0.25, 0.3) is 11.8 Å². The van der Waals surface area contributed by atoms with E-state index in [1.165, 1.54) is 11.8 Å². The summed E-state index contributed by atoms with van der Waals surface area (Å²) in [4.78, 5) is 44.1. The Bertz CT molecular complexity index is 1740. The number of aromatic nitrogens is 1. The average molecular weight is 506 g/mol. The summed E-state index contributed by atoms with van der Waals surface area (Å²) in [5, 5.41) is 5.62. The van der Waals surface area contributed by atoms with Gasteiger partial charge in [-0.05, 0) is 41.8 Å². The van der Waals surface area contributed by atoms with Crippen LogP contribution >= 0.6 is 0 Å². The van der Waals surface area contributed by atoms with Gasteiger partial charge in [-0.25, -0.2) is 0 Å². The summed E-state index contributed by atoms with van der Waals surface area (Å²) < 4.78 is 10.9. The lowest BCUT2D eigenvalue weighted by atomic mass is 10.0. The van der Waals surface area contributed by atoms with Crippen LogP contribution in [0.4, 0.5) is 11.4 Å². The molecule has 0 saturated carbocycles. The number of aromatic amines is 1. The molecule has 0 radical (unpaired) electrons. The molecule has 1 aromatic heterocycles. The van der Waals surface area contributed by atoms with Crippen molar-refractivity contribution in [2.24, 2.45) is 0 Å². The fourth-order valence-corrected chi connectivity index (χ4v) is 4.99. The van der Waals surface area contributed by atoms with Gasteiger partial charge in [-0.3, -0.25) is 19.3 Å². The molecule has 1 aliphatic rings. The Morgan fingerprint density at radius 2 is 1.63 bits per heavy atom. The predicted molar refractivity (Wildman–Crippen MR) is 145 cm³/mol. The summed E-state index contributed by atoms with van der Waals surface area (Å²) in [5.41, 5.74) is 2.84. The summed E-state index contributed by atoms with van der Waals surface area (Å²) in [6.07, 6.45) is -1.04. The zero-order chi connectivity index (χ0) is 26.4. The highest BCUT2D eigenvalue weighted by atomic mass is 16.6. The molecule has 0 bridgehead atoms. The zero-order valence-electron chi connectivity index (χ0n) is 20.6. The van der Waals surface area contributed by atoms with Gasteiger partial charge in [0.05, 0.1) is 29.4 Å². The minimum Gasteiger partial charge on any atom is -0.497 e. The normalized spacial score (nSPS) is 14.5. The third-order valence-electron chi connectivity index (χ3n) is 6.69. The van der Waals surface area contributed by atoms with E-state index in [1.54, 1.807) is 55.6 Å². The smallest absolute Gasteiger partial charge is 0.304 e. The van der Waals surface area contributed by atoms with Crippen molar-refractivity contribution in [3.05, 3.63) is 102 Å². The molecule has 1 unspecified atom stereocenters. The molecule has 0 fully saturated rings. The van der Waals surface area contributed by atoms with Gasteiger partial charge in [0, 0.05) is 23.4 Å². The van der Waals surface area contributed by atoms with Gasteiger partial charge in [0.1, 0.15) is 11.4 Å². The van der Waals surface area contributed by atoms with Crippen LogP contribution in [0.3, 0.4) is 0 Å². The number of para-hydroxylation sites is 1. The first-order chi connectivity index (χ1) is 18.5. The van der Waals surface area contributed by atoms with E-state index in [0.717, 1.165) is 21.7 Å². The highest BCUT2D eigenvalue weighted by molar-refractivity contribution is 6.20. The fraction of sp³-hybridized carbons (Fsp3) is 0.100. The van der Waals surface area contributed by atoms with E-state index in [0.29, 0.717) is 28.4 Å². The molecular formula is C30H23N3O5. The maximum atomic E-state index is 13.9. The first-order valence-electron chi connectivity index (χ1n) is 12.0. The first-order valence-corrected chi connectivity index (χ1v) is 12.0.